The van der Waals surface area contributed by atoms with Crippen molar-refractivity contribution in [3.05, 3.63) is 52.1 Å². The lowest BCUT2D eigenvalue weighted by Crippen LogP contribution is -2.02. The van der Waals surface area contributed by atoms with E-state index in [0.717, 1.165) is 0 Å². The van der Waals surface area contributed by atoms with E-state index in [1.54, 1.807) is 12.1 Å². The molecule has 3 N–H and O–H groups in total. The molecule has 0 fully saturated rings. The van der Waals surface area contributed by atoms with Gasteiger partial charge in [-0.05, 0) is 12.1 Å². The Hall–Kier alpha value is -2.96. The van der Waals surface area contributed by atoms with E-state index in [2.05, 4.69) is 5.32 Å². The molecule has 0 aliphatic rings. The molecule has 0 aliphatic carbocycles. The van der Waals surface area contributed by atoms with E-state index in [0.29, 0.717) is 17.0 Å². The van der Waals surface area contributed by atoms with Gasteiger partial charge in [0.25, 0.3) is 5.69 Å². The van der Waals surface area contributed by atoms with Gasteiger partial charge < -0.3 is 20.3 Å². The Morgan fingerprint density at radius 1 is 1.29 bits per heavy atom. The summed E-state index contributed by atoms with van der Waals surface area (Å²) >= 11 is 0. The maximum atomic E-state index is 10.7. The molecule has 0 unspecified atom stereocenters. The molecule has 7 heteroatoms. The van der Waals surface area contributed by atoms with Crippen LogP contribution in [0.15, 0.2) is 36.4 Å². The third-order valence-electron chi connectivity index (χ3n) is 2.96. The van der Waals surface area contributed by atoms with E-state index in [4.69, 9.17) is 4.74 Å². The molecule has 0 heterocycles. The van der Waals surface area contributed by atoms with Crippen LogP contribution in [0.2, 0.25) is 0 Å². The van der Waals surface area contributed by atoms with Crippen LogP contribution in [-0.4, -0.2) is 22.2 Å². The Morgan fingerprint density at radius 2 is 2.05 bits per heavy atom. The number of para-hydroxylation sites is 1. The van der Waals surface area contributed by atoms with E-state index in [9.17, 15) is 20.3 Å². The number of ether oxygens (including phenoxy) is 1. The summed E-state index contributed by atoms with van der Waals surface area (Å²) in [5.41, 5.74) is 0.971. The number of non-ortho nitro benzene ring substituents is 1. The second kappa shape index (κ2) is 6.00. The van der Waals surface area contributed by atoms with Crippen molar-refractivity contribution in [2.24, 2.45) is 0 Å². The lowest BCUT2D eigenvalue weighted by atomic mass is 10.1. The Balaban J connectivity index is 2.20. The number of nitro groups is 1. The molecule has 2 rings (SSSR count). The van der Waals surface area contributed by atoms with Gasteiger partial charge in [0.05, 0.1) is 23.8 Å². The van der Waals surface area contributed by atoms with Gasteiger partial charge in [-0.1, -0.05) is 12.1 Å². The SMILES string of the molecule is COc1cc([N+](=O)[O-])ccc1NCc1cccc(O)c1O. The average Bonchev–Trinajstić information content (AvgIpc) is 2.48. The van der Waals surface area contributed by atoms with Crippen LogP contribution in [0.5, 0.6) is 17.2 Å². The van der Waals surface area contributed by atoms with Gasteiger partial charge in [0.1, 0.15) is 5.75 Å². The third-order valence-corrected chi connectivity index (χ3v) is 2.96. The molecule has 2 aromatic rings. The minimum Gasteiger partial charge on any atom is -0.504 e. The summed E-state index contributed by atoms with van der Waals surface area (Å²) in [5.74, 6) is -0.0836. The van der Waals surface area contributed by atoms with E-state index in [-0.39, 0.29) is 23.7 Å². The Kier molecular flexibility index (Phi) is 4.13. The van der Waals surface area contributed by atoms with Crippen LogP contribution in [0, 0.1) is 10.1 Å². The highest BCUT2D eigenvalue weighted by atomic mass is 16.6. The topological polar surface area (TPSA) is 105 Å². The zero-order valence-electron chi connectivity index (χ0n) is 11.2. The molecule has 0 aliphatic heterocycles. The van der Waals surface area contributed by atoms with Gasteiger partial charge in [0.15, 0.2) is 11.5 Å². The molecule has 0 amide bonds. The van der Waals surface area contributed by atoms with Crippen molar-refractivity contribution >= 4 is 11.4 Å². The largest absolute Gasteiger partial charge is 0.504 e. The Labute approximate surface area is 120 Å². The Morgan fingerprint density at radius 3 is 2.71 bits per heavy atom. The number of hydrogen-bond acceptors (Lipinski definition) is 6. The summed E-state index contributed by atoms with van der Waals surface area (Å²) in [6, 6.07) is 8.83. The second-order valence-corrected chi connectivity index (χ2v) is 4.28. The van der Waals surface area contributed by atoms with Crippen molar-refractivity contribution in [2.75, 3.05) is 12.4 Å². The van der Waals surface area contributed by atoms with Crippen LogP contribution in [0.3, 0.4) is 0 Å². The van der Waals surface area contributed by atoms with Crippen LogP contribution >= 0.6 is 0 Å². The fourth-order valence-corrected chi connectivity index (χ4v) is 1.85. The summed E-state index contributed by atoms with van der Waals surface area (Å²) < 4.78 is 5.10. The molecular weight excluding hydrogens is 276 g/mol. The molecule has 0 aromatic heterocycles. The highest BCUT2D eigenvalue weighted by molar-refractivity contribution is 5.61. The number of aromatic hydroxyl groups is 2. The van der Waals surface area contributed by atoms with Gasteiger partial charge >= 0.3 is 0 Å². The van der Waals surface area contributed by atoms with Crippen molar-refractivity contribution in [2.45, 2.75) is 6.54 Å². The first-order valence-electron chi connectivity index (χ1n) is 6.09. The number of benzene rings is 2. The van der Waals surface area contributed by atoms with Crippen molar-refractivity contribution in [1.29, 1.82) is 0 Å². The average molecular weight is 290 g/mol. The third kappa shape index (κ3) is 3.14. The summed E-state index contributed by atoms with van der Waals surface area (Å²) in [5, 5.41) is 32.8. The van der Waals surface area contributed by atoms with Crippen LogP contribution in [0.1, 0.15) is 5.56 Å². The molecule has 21 heavy (non-hydrogen) atoms. The van der Waals surface area contributed by atoms with Crippen LogP contribution in [0.4, 0.5) is 11.4 Å². The number of nitro benzene ring substituents is 1. The van der Waals surface area contributed by atoms with Crippen molar-refractivity contribution < 1.29 is 19.9 Å². The van der Waals surface area contributed by atoms with Crippen LogP contribution < -0.4 is 10.1 Å². The van der Waals surface area contributed by atoms with Gasteiger partial charge in [-0.25, -0.2) is 0 Å². The number of phenolic OH excluding ortho intramolecular Hbond substituents is 2. The fraction of sp³-hybridized carbons (Fsp3) is 0.143. The molecule has 110 valence electrons. The lowest BCUT2D eigenvalue weighted by molar-refractivity contribution is -0.384. The highest BCUT2D eigenvalue weighted by Crippen LogP contribution is 2.32. The number of nitrogens with zero attached hydrogens (tertiary/aromatic N) is 1. The van der Waals surface area contributed by atoms with Gasteiger partial charge in [-0.2, -0.15) is 0 Å². The molecule has 0 saturated carbocycles. The lowest BCUT2D eigenvalue weighted by Gasteiger charge is -2.12. The van der Waals surface area contributed by atoms with Crippen LogP contribution in [-0.2, 0) is 6.54 Å². The summed E-state index contributed by atoms with van der Waals surface area (Å²) in [4.78, 5) is 10.2. The van der Waals surface area contributed by atoms with E-state index in [1.807, 2.05) is 0 Å². The second-order valence-electron chi connectivity index (χ2n) is 4.28. The first kappa shape index (κ1) is 14.4. The molecule has 7 nitrogen and oxygen atoms in total. The molecule has 0 atom stereocenters. The Bertz CT molecular complexity index is 672. The number of phenols is 2. The summed E-state index contributed by atoms with van der Waals surface area (Å²) in [7, 11) is 1.41. The number of anilines is 1. The molecule has 0 spiro atoms. The number of nitrogens with one attached hydrogen (secondary N) is 1. The zero-order valence-corrected chi connectivity index (χ0v) is 11.2. The van der Waals surface area contributed by atoms with Crippen molar-refractivity contribution in [1.82, 2.24) is 0 Å². The van der Waals surface area contributed by atoms with E-state index >= 15 is 0 Å². The van der Waals surface area contributed by atoms with Gasteiger partial charge in [-0.3, -0.25) is 10.1 Å². The number of rotatable bonds is 5. The monoisotopic (exact) mass is 290 g/mol. The number of methoxy groups -OCH3 is 1. The normalized spacial score (nSPS) is 10.1. The van der Waals surface area contributed by atoms with Gasteiger partial charge in [0, 0.05) is 18.2 Å². The highest BCUT2D eigenvalue weighted by Gasteiger charge is 2.12. The fourth-order valence-electron chi connectivity index (χ4n) is 1.85. The standard InChI is InChI=1S/C14H14N2O5/c1-21-13-7-10(16(19)20)5-6-11(13)15-8-9-3-2-4-12(17)14(9)18/h2-7,15,17-18H,8H2,1H3. The first-order valence-corrected chi connectivity index (χ1v) is 6.09. The zero-order chi connectivity index (χ0) is 15.4. The van der Waals surface area contributed by atoms with E-state index < -0.39 is 4.92 Å². The van der Waals surface area contributed by atoms with Crippen LogP contribution in [0.25, 0.3) is 0 Å². The maximum Gasteiger partial charge on any atom is 0.273 e. The smallest absolute Gasteiger partial charge is 0.273 e. The minimum absolute atomic E-state index is 0.0717. The molecule has 0 radical (unpaired) electrons. The molecular formula is C14H14N2O5. The quantitative estimate of drug-likeness (QED) is 0.444. The first-order chi connectivity index (χ1) is 10.0. The molecule has 0 saturated heterocycles. The van der Waals surface area contributed by atoms with Gasteiger partial charge in [-0.15, -0.1) is 0 Å². The summed E-state index contributed by atoms with van der Waals surface area (Å²) in [6.45, 7) is 0.231. The van der Waals surface area contributed by atoms with Crippen molar-refractivity contribution in [3.63, 3.8) is 0 Å². The number of hydrogen-bond donors (Lipinski definition) is 3. The minimum atomic E-state index is -0.507. The predicted molar refractivity (Wildman–Crippen MR) is 76.7 cm³/mol. The molecule has 0 bridgehead atoms. The van der Waals surface area contributed by atoms with Crippen molar-refractivity contribution in [3.8, 4) is 17.2 Å². The summed E-state index contributed by atoms with van der Waals surface area (Å²) in [6.07, 6.45) is 0. The van der Waals surface area contributed by atoms with Gasteiger partial charge in [0.2, 0.25) is 0 Å². The predicted octanol–water partition coefficient (Wildman–Crippen LogP) is 2.63. The maximum absolute atomic E-state index is 10.7. The van der Waals surface area contributed by atoms with E-state index in [1.165, 1.54) is 31.4 Å². The molecule has 2 aromatic carbocycles.